The largest absolute Gasteiger partial charge is 0.306 e. The molecule has 1 aromatic carbocycles. The zero-order chi connectivity index (χ0) is 15.3. The van der Waals surface area contributed by atoms with Crippen molar-refractivity contribution in [1.29, 1.82) is 0 Å². The van der Waals surface area contributed by atoms with Gasteiger partial charge in [0.25, 0.3) is 0 Å². The Bertz CT molecular complexity index is 541. The summed E-state index contributed by atoms with van der Waals surface area (Å²) < 4.78 is 0. The van der Waals surface area contributed by atoms with Crippen LogP contribution in [-0.4, -0.2) is 16.5 Å². The molecule has 2 rings (SSSR count). The molecule has 1 unspecified atom stereocenters. The number of hydrogen-bond donors (Lipinski definition) is 1. The number of hydrogen-bond acceptors (Lipinski definition) is 3. The van der Waals surface area contributed by atoms with Gasteiger partial charge in [0.1, 0.15) is 6.33 Å². The molecule has 3 nitrogen and oxygen atoms in total. The summed E-state index contributed by atoms with van der Waals surface area (Å²) in [7, 11) is 0. The molecular weight excluding hydrogens is 258 g/mol. The van der Waals surface area contributed by atoms with Crippen LogP contribution in [0, 0.1) is 0 Å². The van der Waals surface area contributed by atoms with E-state index in [2.05, 4.69) is 67.2 Å². The van der Waals surface area contributed by atoms with E-state index in [1.165, 1.54) is 11.1 Å². The second kappa shape index (κ2) is 6.81. The van der Waals surface area contributed by atoms with E-state index in [9.17, 15) is 0 Å². The topological polar surface area (TPSA) is 37.8 Å². The summed E-state index contributed by atoms with van der Waals surface area (Å²) in [4.78, 5) is 8.29. The van der Waals surface area contributed by atoms with E-state index in [0.717, 1.165) is 18.5 Å². The van der Waals surface area contributed by atoms with E-state index < -0.39 is 0 Å². The molecule has 21 heavy (non-hydrogen) atoms. The molecule has 0 radical (unpaired) electrons. The Morgan fingerprint density at radius 1 is 1.00 bits per heavy atom. The van der Waals surface area contributed by atoms with Gasteiger partial charge < -0.3 is 5.32 Å². The molecule has 1 N–H and O–H groups in total. The lowest BCUT2D eigenvalue weighted by atomic mass is 9.86. The maximum Gasteiger partial charge on any atom is 0.115 e. The highest BCUT2D eigenvalue weighted by molar-refractivity contribution is 5.33. The van der Waals surface area contributed by atoms with Crippen molar-refractivity contribution < 1.29 is 0 Å². The molecular formula is C18H25N3. The molecule has 0 saturated heterocycles. The van der Waals surface area contributed by atoms with E-state index in [1.807, 2.05) is 12.4 Å². The van der Waals surface area contributed by atoms with Crippen molar-refractivity contribution in [3.05, 3.63) is 59.7 Å². The molecule has 1 aromatic heterocycles. The fourth-order valence-electron chi connectivity index (χ4n) is 2.35. The summed E-state index contributed by atoms with van der Waals surface area (Å²) in [6, 6.07) is 9.02. The number of benzene rings is 1. The molecule has 0 fully saturated rings. The fraction of sp³-hybridized carbons (Fsp3) is 0.444. The van der Waals surface area contributed by atoms with E-state index in [1.54, 1.807) is 6.33 Å². The first-order chi connectivity index (χ1) is 10.0. The SMILES string of the molecule is CCCNC(c1ccc(C(C)(C)C)cc1)c1cncnc1. The highest BCUT2D eigenvalue weighted by Crippen LogP contribution is 2.26. The Kier molecular flexibility index (Phi) is 5.07. The molecule has 3 heteroatoms. The summed E-state index contributed by atoms with van der Waals surface area (Å²) in [5, 5.41) is 3.58. The van der Waals surface area contributed by atoms with Crippen molar-refractivity contribution in [2.24, 2.45) is 0 Å². The number of rotatable bonds is 5. The summed E-state index contributed by atoms with van der Waals surface area (Å²) in [5.41, 5.74) is 3.89. The van der Waals surface area contributed by atoms with Crippen molar-refractivity contribution in [3.8, 4) is 0 Å². The summed E-state index contributed by atoms with van der Waals surface area (Å²) in [6.45, 7) is 9.86. The van der Waals surface area contributed by atoms with Crippen molar-refractivity contribution in [2.75, 3.05) is 6.54 Å². The van der Waals surface area contributed by atoms with E-state index in [0.29, 0.717) is 0 Å². The summed E-state index contributed by atoms with van der Waals surface area (Å²) in [5.74, 6) is 0. The van der Waals surface area contributed by atoms with Gasteiger partial charge in [0.15, 0.2) is 0 Å². The van der Waals surface area contributed by atoms with Gasteiger partial charge in [0.2, 0.25) is 0 Å². The normalized spacial score (nSPS) is 13.1. The van der Waals surface area contributed by atoms with Crippen molar-refractivity contribution in [2.45, 2.75) is 45.6 Å². The second-order valence-corrected chi connectivity index (χ2v) is 6.43. The first-order valence-corrected chi connectivity index (χ1v) is 7.61. The monoisotopic (exact) mass is 283 g/mol. The average molecular weight is 283 g/mol. The molecule has 1 heterocycles. The standard InChI is InChI=1S/C18H25N3/c1-5-10-21-17(15-11-19-13-20-12-15)14-6-8-16(9-7-14)18(2,3)4/h6-9,11-13,17,21H,5,10H2,1-4H3. The van der Waals surface area contributed by atoms with Gasteiger partial charge in [0.05, 0.1) is 6.04 Å². The predicted octanol–water partition coefficient (Wildman–Crippen LogP) is 3.86. The van der Waals surface area contributed by atoms with Crippen molar-refractivity contribution in [1.82, 2.24) is 15.3 Å². The third-order valence-corrected chi connectivity index (χ3v) is 3.62. The smallest absolute Gasteiger partial charge is 0.115 e. The number of nitrogens with zero attached hydrogens (tertiary/aromatic N) is 2. The Labute approximate surface area is 127 Å². The Morgan fingerprint density at radius 3 is 2.14 bits per heavy atom. The maximum atomic E-state index is 4.14. The highest BCUT2D eigenvalue weighted by atomic mass is 14.9. The van der Waals surface area contributed by atoms with Gasteiger partial charge in [0, 0.05) is 18.0 Å². The molecule has 0 aliphatic carbocycles. The van der Waals surface area contributed by atoms with Crippen LogP contribution in [0.3, 0.4) is 0 Å². The third kappa shape index (κ3) is 4.11. The Hall–Kier alpha value is -1.74. The van der Waals surface area contributed by atoms with Crippen LogP contribution < -0.4 is 5.32 Å². The van der Waals surface area contributed by atoms with Crippen LogP contribution in [0.25, 0.3) is 0 Å². The van der Waals surface area contributed by atoms with Crippen LogP contribution in [0.2, 0.25) is 0 Å². The van der Waals surface area contributed by atoms with Crippen LogP contribution in [-0.2, 0) is 5.41 Å². The molecule has 0 spiro atoms. The van der Waals surface area contributed by atoms with Crippen LogP contribution in [0.4, 0.5) is 0 Å². The molecule has 0 aliphatic rings. The maximum absolute atomic E-state index is 4.14. The molecule has 0 amide bonds. The minimum Gasteiger partial charge on any atom is -0.306 e. The summed E-state index contributed by atoms with van der Waals surface area (Å²) in [6.07, 6.45) is 6.45. The van der Waals surface area contributed by atoms with Gasteiger partial charge in [-0.25, -0.2) is 9.97 Å². The number of aromatic nitrogens is 2. The lowest BCUT2D eigenvalue weighted by Crippen LogP contribution is -2.23. The van der Waals surface area contributed by atoms with Gasteiger partial charge >= 0.3 is 0 Å². The minimum absolute atomic E-state index is 0.153. The molecule has 0 bridgehead atoms. The average Bonchev–Trinajstić information content (AvgIpc) is 2.48. The summed E-state index contributed by atoms with van der Waals surface area (Å²) >= 11 is 0. The van der Waals surface area contributed by atoms with Crippen molar-refractivity contribution >= 4 is 0 Å². The third-order valence-electron chi connectivity index (χ3n) is 3.62. The zero-order valence-electron chi connectivity index (χ0n) is 13.4. The van der Waals surface area contributed by atoms with Crippen LogP contribution in [0.1, 0.15) is 56.8 Å². The molecule has 2 aromatic rings. The van der Waals surface area contributed by atoms with Crippen LogP contribution in [0.5, 0.6) is 0 Å². The van der Waals surface area contributed by atoms with Crippen LogP contribution >= 0.6 is 0 Å². The lowest BCUT2D eigenvalue weighted by Gasteiger charge is -2.22. The van der Waals surface area contributed by atoms with E-state index in [-0.39, 0.29) is 11.5 Å². The minimum atomic E-state index is 0.153. The first-order valence-electron chi connectivity index (χ1n) is 7.61. The van der Waals surface area contributed by atoms with E-state index >= 15 is 0 Å². The molecule has 0 saturated carbocycles. The molecule has 0 aliphatic heterocycles. The van der Waals surface area contributed by atoms with E-state index in [4.69, 9.17) is 0 Å². The van der Waals surface area contributed by atoms with Gasteiger partial charge in [-0.05, 0) is 29.5 Å². The Morgan fingerprint density at radius 2 is 1.62 bits per heavy atom. The molecule has 112 valence electrons. The van der Waals surface area contributed by atoms with Gasteiger partial charge in [-0.15, -0.1) is 0 Å². The first kappa shape index (κ1) is 15.6. The van der Waals surface area contributed by atoms with Gasteiger partial charge in [-0.1, -0.05) is 52.0 Å². The fourth-order valence-corrected chi connectivity index (χ4v) is 2.35. The predicted molar refractivity (Wildman–Crippen MR) is 87.3 cm³/mol. The van der Waals surface area contributed by atoms with Gasteiger partial charge in [-0.2, -0.15) is 0 Å². The number of nitrogens with one attached hydrogen (secondary N) is 1. The quantitative estimate of drug-likeness (QED) is 0.905. The second-order valence-electron chi connectivity index (χ2n) is 6.43. The zero-order valence-corrected chi connectivity index (χ0v) is 13.4. The van der Waals surface area contributed by atoms with Crippen molar-refractivity contribution in [3.63, 3.8) is 0 Å². The molecule has 1 atom stereocenters. The van der Waals surface area contributed by atoms with Gasteiger partial charge in [-0.3, -0.25) is 0 Å². The lowest BCUT2D eigenvalue weighted by molar-refractivity contribution is 0.582. The Balaban J connectivity index is 2.29. The highest BCUT2D eigenvalue weighted by Gasteiger charge is 2.17. The van der Waals surface area contributed by atoms with Crippen LogP contribution in [0.15, 0.2) is 43.0 Å².